The van der Waals surface area contributed by atoms with Crippen molar-refractivity contribution in [3.8, 4) is 0 Å². The van der Waals surface area contributed by atoms with Gasteiger partial charge in [-0.05, 0) is 6.42 Å². The number of rotatable bonds is 2. The maximum Gasteiger partial charge on any atom is 0.306 e. The van der Waals surface area contributed by atoms with E-state index in [0.29, 0.717) is 0 Å². The van der Waals surface area contributed by atoms with Crippen molar-refractivity contribution >= 4 is 5.97 Å². The van der Waals surface area contributed by atoms with Crippen molar-refractivity contribution in [2.24, 2.45) is 5.92 Å². The molecular weight excluding hydrogens is 128 g/mol. The van der Waals surface area contributed by atoms with Gasteiger partial charge in [0.2, 0.25) is 0 Å². The molecule has 0 radical (unpaired) electrons. The molecule has 0 heterocycles. The summed E-state index contributed by atoms with van der Waals surface area (Å²) in [6.07, 6.45) is 0.718. The molecule has 1 unspecified atom stereocenters. The second kappa shape index (κ2) is 11.3. The second-order valence-corrected chi connectivity index (χ2v) is 1.65. The van der Waals surface area contributed by atoms with Crippen LogP contribution in [0.3, 0.4) is 0 Å². The monoisotopic (exact) mass is 150 g/mol. The Bertz CT molecular complexity index is 69.7. The molecule has 0 fully saturated rings. The van der Waals surface area contributed by atoms with Gasteiger partial charge < -0.3 is 5.11 Å². The van der Waals surface area contributed by atoms with Gasteiger partial charge in [-0.15, -0.1) is 0 Å². The van der Waals surface area contributed by atoms with Crippen LogP contribution < -0.4 is 0 Å². The lowest BCUT2D eigenvalue weighted by Gasteiger charge is -1.96. The summed E-state index contributed by atoms with van der Waals surface area (Å²) in [6.45, 7) is 3.56. The molecule has 0 rings (SSSR count). The topological polar surface area (TPSA) is 37.3 Å². The summed E-state index contributed by atoms with van der Waals surface area (Å²) < 4.78 is 0. The highest BCUT2D eigenvalue weighted by Gasteiger charge is 2.05. The van der Waals surface area contributed by atoms with E-state index in [-0.39, 0.29) is 28.2 Å². The highest BCUT2D eigenvalue weighted by Crippen LogP contribution is 1.97. The Hall–Kier alpha value is -0.530. The van der Waals surface area contributed by atoms with Gasteiger partial charge in [-0.2, -0.15) is 0 Å². The van der Waals surface area contributed by atoms with Crippen molar-refractivity contribution in [3.05, 3.63) is 0 Å². The molecule has 0 aliphatic heterocycles. The van der Waals surface area contributed by atoms with Gasteiger partial charge in [0.1, 0.15) is 0 Å². The summed E-state index contributed by atoms with van der Waals surface area (Å²) in [7, 11) is 0. The molecule has 0 aliphatic rings. The molecule has 0 aromatic heterocycles. The number of carboxylic acids is 1. The zero-order chi connectivity index (χ0) is 5.86. The van der Waals surface area contributed by atoms with Crippen molar-refractivity contribution in [1.29, 1.82) is 0 Å². The van der Waals surface area contributed by atoms with Crippen LogP contribution in [0, 0.1) is 5.92 Å². The number of aliphatic carboxylic acids is 1. The average Bonchev–Trinajstić information content (AvgIpc) is 1.65. The lowest BCUT2D eigenvalue weighted by molar-refractivity contribution is -0.141. The fourth-order valence-corrected chi connectivity index (χ4v) is 0.175. The van der Waals surface area contributed by atoms with Crippen LogP contribution in [0.2, 0.25) is 0 Å². The van der Waals surface area contributed by atoms with E-state index < -0.39 is 5.97 Å². The van der Waals surface area contributed by atoms with E-state index in [4.69, 9.17) is 5.11 Å². The molecule has 10 heavy (non-hydrogen) atoms. The first-order valence-electron chi connectivity index (χ1n) is 2.41. The number of carbonyl (C=O) groups is 1. The molecule has 0 bridgehead atoms. The molecule has 0 amide bonds. The Balaban J connectivity index is -0.0000000600. The Morgan fingerprint density at radius 1 is 1.40 bits per heavy atom. The summed E-state index contributed by atoms with van der Waals surface area (Å²) in [5.74, 6) is -0.887. The third-order valence-electron chi connectivity index (χ3n) is 1.03. The van der Waals surface area contributed by atoms with Crippen molar-refractivity contribution in [2.45, 2.75) is 42.5 Å². The van der Waals surface area contributed by atoms with Gasteiger partial charge >= 0.3 is 5.97 Å². The minimum atomic E-state index is -0.706. The lowest BCUT2D eigenvalue weighted by atomic mass is 10.1. The predicted molar refractivity (Wildman–Crippen MR) is 47.3 cm³/mol. The van der Waals surface area contributed by atoms with Gasteiger partial charge in [0.05, 0.1) is 5.92 Å². The van der Waals surface area contributed by atoms with E-state index in [9.17, 15) is 4.79 Å². The van der Waals surface area contributed by atoms with Crippen molar-refractivity contribution < 1.29 is 9.90 Å². The normalized spacial score (nSPS) is 9.40. The highest BCUT2D eigenvalue weighted by molar-refractivity contribution is 5.69. The highest BCUT2D eigenvalue weighted by atomic mass is 16.4. The Morgan fingerprint density at radius 2 is 1.70 bits per heavy atom. The first-order valence-corrected chi connectivity index (χ1v) is 2.41. The van der Waals surface area contributed by atoms with E-state index in [0.717, 1.165) is 6.42 Å². The molecule has 0 aromatic rings. The van der Waals surface area contributed by atoms with E-state index in [1.165, 1.54) is 0 Å². The van der Waals surface area contributed by atoms with Crippen LogP contribution >= 0.6 is 0 Å². The van der Waals surface area contributed by atoms with Gasteiger partial charge in [-0.25, -0.2) is 0 Å². The summed E-state index contributed by atoms with van der Waals surface area (Å²) in [5, 5.41) is 8.18. The van der Waals surface area contributed by atoms with Crippen LogP contribution in [0.15, 0.2) is 0 Å². The van der Waals surface area contributed by atoms with E-state index in [1.807, 2.05) is 6.92 Å². The van der Waals surface area contributed by atoms with Gasteiger partial charge in [-0.3, -0.25) is 4.79 Å². The molecule has 2 heteroatoms. The summed E-state index contributed by atoms with van der Waals surface area (Å²) in [5.41, 5.74) is 0. The van der Waals surface area contributed by atoms with Crippen LogP contribution in [0.5, 0.6) is 0 Å². The zero-order valence-electron chi connectivity index (χ0n) is 4.64. The molecule has 66 valence electrons. The minimum absolute atomic E-state index is 0. The quantitative estimate of drug-likeness (QED) is 0.657. The van der Waals surface area contributed by atoms with Gasteiger partial charge in [0, 0.05) is 0 Å². The predicted octanol–water partition coefficient (Wildman–Crippen LogP) is 3.03. The van der Waals surface area contributed by atoms with Crippen LogP contribution in [-0.2, 0) is 4.79 Å². The molecule has 0 aliphatic carbocycles. The lowest BCUT2D eigenvalue weighted by Crippen LogP contribution is -2.06. The number of hydrogen-bond donors (Lipinski definition) is 1. The van der Waals surface area contributed by atoms with Gasteiger partial charge in [0.25, 0.3) is 0 Å². The van der Waals surface area contributed by atoms with Gasteiger partial charge in [0.15, 0.2) is 0 Å². The molecule has 0 saturated heterocycles. The van der Waals surface area contributed by atoms with Crippen LogP contribution in [0.4, 0.5) is 0 Å². The molecule has 0 spiro atoms. The first-order chi connectivity index (χ1) is 3.18. The maximum atomic E-state index is 9.93. The molecular formula is C8H22O2. The zero-order valence-corrected chi connectivity index (χ0v) is 4.64. The smallest absolute Gasteiger partial charge is 0.306 e. The van der Waals surface area contributed by atoms with E-state index >= 15 is 0 Å². The average molecular weight is 150 g/mol. The van der Waals surface area contributed by atoms with Crippen LogP contribution in [0.25, 0.3) is 0 Å². The number of carboxylic acid groups (broad SMARTS) is 1. The SMILES string of the molecule is C.C.C.CCC(C)C(=O)O. The standard InChI is InChI=1S/C5H10O2.3CH4/c1-3-4(2)5(6)7;;;/h4H,3H2,1-2H3,(H,6,7);3*1H4. The van der Waals surface area contributed by atoms with E-state index in [1.54, 1.807) is 6.92 Å². The van der Waals surface area contributed by atoms with Crippen molar-refractivity contribution in [2.75, 3.05) is 0 Å². The Morgan fingerprint density at radius 3 is 1.70 bits per heavy atom. The minimum Gasteiger partial charge on any atom is -0.481 e. The molecule has 0 aromatic carbocycles. The summed E-state index contributed by atoms with van der Waals surface area (Å²) in [4.78, 5) is 9.93. The molecule has 1 atom stereocenters. The summed E-state index contributed by atoms with van der Waals surface area (Å²) >= 11 is 0. The number of hydrogen-bond acceptors (Lipinski definition) is 1. The van der Waals surface area contributed by atoms with Crippen LogP contribution in [0.1, 0.15) is 42.5 Å². The largest absolute Gasteiger partial charge is 0.481 e. The van der Waals surface area contributed by atoms with E-state index in [2.05, 4.69) is 0 Å². The maximum absolute atomic E-state index is 9.93. The Kier molecular flexibility index (Phi) is 25.6. The molecule has 2 nitrogen and oxygen atoms in total. The fraction of sp³-hybridized carbons (Fsp3) is 0.875. The van der Waals surface area contributed by atoms with Crippen LogP contribution in [-0.4, -0.2) is 11.1 Å². The third-order valence-corrected chi connectivity index (χ3v) is 1.03. The fourth-order valence-electron chi connectivity index (χ4n) is 0.175. The summed E-state index contributed by atoms with van der Waals surface area (Å²) in [6, 6.07) is 0. The van der Waals surface area contributed by atoms with Crippen molar-refractivity contribution in [1.82, 2.24) is 0 Å². The molecule has 1 N–H and O–H groups in total. The first kappa shape index (κ1) is 22.7. The molecule has 0 saturated carbocycles. The van der Waals surface area contributed by atoms with Gasteiger partial charge in [-0.1, -0.05) is 36.1 Å². The third kappa shape index (κ3) is 10.5. The Labute approximate surface area is 65.3 Å². The second-order valence-electron chi connectivity index (χ2n) is 1.65. The van der Waals surface area contributed by atoms with Crippen molar-refractivity contribution in [3.63, 3.8) is 0 Å².